The van der Waals surface area contributed by atoms with Crippen molar-refractivity contribution < 1.29 is 19.1 Å². The first-order valence-electron chi connectivity index (χ1n) is 9.83. The summed E-state index contributed by atoms with van der Waals surface area (Å²) in [5.74, 6) is -0.0686. The van der Waals surface area contributed by atoms with Gasteiger partial charge in [-0.05, 0) is 37.1 Å². The van der Waals surface area contributed by atoms with E-state index in [0.717, 1.165) is 12.0 Å². The van der Waals surface area contributed by atoms with Gasteiger partial charge in [0.1, 0.15) is 5.75 Å². The number of piperazine rings is 1. The highest BCUT2D eigenvalue weighted by atomic mass is 16.5. The third-order valence-electron chi connectivity index (χ3n) is 5.01. The summed E-state index contributed by atoms with van der Waals surface area (Å²) in [6.07, 6.45) is 1.20. The highest BCUT2D eigenvalue weighted by molar-refractivity contribution is 5.95. The normalized spacial score (nSPS) is 13.9. The summed E-state index contributed by atoms with van der Waals surface area (Å²) in [5.41, 5.74) is 2.84. The minimum atomic E-state index is -0.424. The van der Waals surface area contributed by atoms with Gasteiger partial charge in [0.15, 0.2) is 0 Å². The van der Waals surface area contributed by atoms with E-state index >= 15 is 0 Å². The van der Waals surface area contributed by atoms with E-state index in [1.165, 1.54) is 12.5 Å². The number of benzene rings is 2. The summed E-state index contributed by atoms with van der Waals surface area (Å²) in [5, 5.41) is 0. The van der Waals surface area contributed by atoms with Gasteiger partial charge in [0.05, 0.1) is 0 Å². The summed E-state index contributed by atoms with van der Waals surface area (Å²) >= 11 is 0. The molecule has 29 heavy (non-hydrogen) atoms. The van der Waals surface area contributed by atoms with Gasteiger partial charge in [-0.2, -0.15) is 0 Å². The van der Waals surface area contributed by atoms with Crippen LogP contribution in [0.25, 0.3) is 0 Å². The Morgan fingerprint density at radius 2 is 1.59 bits per heavy atom. The van der Waals surface area contributed by atoms with E-state index < -0.39 is 5.97 Å². The lowest BCUT2D eigenvalue weighted by Crippen LogP contribution is -2.50. The molecule has 0 saturated carbocycles. The lowest BCUT2D eigenvalue weighted by Gasteiger charge is -2.35. The van der Waals surface area contributed by atoms with E-state index in [-0.39, 0.29) is 11.8 Å². The zero-order valence-electron chi connectivity index (χ0n) is 16.9. The van der Waals surface area contributed by atoms with Crippen LogP contribution in [0.15, 0.2) is 48.5 Å². The molecule has 3 rings (SSSR count). The van der Waals surface area contributed by atoms with Crippen LogP contribution >= 0.6 is 0 Å². The molecule has 0 aliphatic carbocycles. The molecule has 0 unspecified atom stereocenters. The molecule has 1 aliphatic heterocycles. The molecule has 0 bridgehead atoms. The second-order valence-electron chi connectivity index (χ2n) is 7.28. The van der Waals surface area contributed by atoms with Crippen molar-refractivity contribution in [2.24, 2.45) is 0 Å². The molecule has 6 nitrogen and oxygen atoms in total. The van der Waals surface area contributed by atoms with Crippen molar-refractivity contribution >= 4 is 17.8 Å². The van der Waals surface area contributed by atoms with Crippen molar-refractivity contribution in [2.45, 2.75) is 26.7 Å². The Morgan fingerprint density at radius 3 is 2.24 bits per heavy atom. The molecule has 1 heterocycles. The van der Waals surface area contributed by atoms with E-state index in [1.54, 1.807) is 29.2 Å². The predicted octanol–water partition coefficient (Wildman–Crippen LogP) is 2.84. The molecule has 0 spiro atoms. The van der Waals surface area contributed by atoms with Gasteiger partial charge in [-0.15, -0.1) is 0 Å². The third kappa shape index (κ3) is 5.67. The summed E-state index contributed by atoms with van der Waals surface area (Å²) in [6, 6.07) is 14.8. The van der Waals surface area contributed by atoms with Crippen molar-refractivity contribution in [1.82, 2.24) is 9.80 Å². The lowest BCUT2D eigenvalue weighted by atomic mass is 10.1. The van der Waals surface area contributed by atoms with Gasteiger partial charge in [-0.3, -0.25) is 14.4 Å². The molecule has 0 atom stereocenters. The SMILES string of the molecule is CC(=O)Oc1cccc(C(=O)N2CCN(C(=O)CCc3ccc(C)cc3)CC2)c1. The monoisotopic (exact) mass is 394 g/mol. The molecule has 1 saturated heterocycles. The summed E-state index contributed by atoms with van der Waals surface area (Å²) in [6.45, 7) is 5.41. The van der Waals surface area contributed by atoms with Crippen LogP contribution in [0.4, 0.5) is 0 Å². The lowest BCUT2D eigenvalue weighted by molar-refractivity contribution is -0.133. The average molecular weight is 394 g/mol. The zero-order chi connectivity index (χ0) is 20.8. The summed E-state index contributed by atoms with van der Waals surface area (Å²) < 4.78 is 5.05. The fourth-order valence-corrected chi connectivity index (χ4v) is 3.36. The molecule has 0 radical (unpaired) electrons. The van der Waals surface area contributed by atoms with Crippen molar-refractivity contribution in [2.75, 3.05) is 26.2 Å². The highest BCUT2D eigenvalue weighted by Crippen LogP contribution is 2.17. The number of ether oxygens (including phenoxy) is 1. The van der Waals surface area contributed by atoms with E-state index in [4.69, 9.17) is 4.74 Å². The first-order valence-corrected chi connectivity index (χ1v) is 9.83. The maximum atomic E-state index is 12.7. The van der Waals surface area contributed by atoms with Gasteiger partial charge in [0.25, 0.3) is 5.91 Å². The van der Waals surface area contributed by atoms with Gasteiger partial charge >= 0.3 is 5.97 Å². The number of nitrogens with zero attached hydrogens (tertiary/aromatic N) is 2. The number of carbonyl (C=O) groups is 3. The van der Waals surface area contributed by atoms with Gasteiger partial charge in [0, 0.05) is 45.1 Å². The Morgan fingerprint density at radius 1 is 0.931 bits per heavy atom. The van der Waals surface area contributed by atoms with Crippen LogP contribution in [0.3, 0.4) is 0 Å². The van der Waals surface area contributed by atoms with Gasteiger partial charge in [0.2, 0.25) is 5.91 Å². The topological polar surface area (TPSA) is 66.9 Å². The Kier molecular flexibility index (Phi) is 6.65. The maximum Gasteiger partial charge on any atom is 0.308 e. The minimum absolute atomic E-state index is 0.120. The van der Waals surface area contributed by atoms with Gasteiger partial charge in [-0.25, -0.2) is 0 Å². The number of hydrogen-bond acceptors (Lipinski definition) is 4. The van der Waals surface area contributed by atoms with Gasteiger partial charge < -0.3 is 14.5 Å². The Balaban J connectivity index is 1.50. The van der Waals surface area contributed by atoms with E-state index in [1.807, 2.05) is 11.8 Å². The number of esters is 1. The van der Waals surface area contributed by atoms with Crippen molar-refractivity contribution in [3.8, 4) is 5.75 Å². The number of rotatable bonds is 5. The van der Waals surface area contributed by atoms with Crippen molar-refractivity contribution in [3.63, 3.8) is 0 Å². The molecule has 2 aromatic carbocycles. The zero-order valence-corrected chi connectivity index (χ0v) is 16.9. The first kappa shape index (κ1) is 20.6. The van der Waals surface area contributed by atoms with Crippen LogP contribution in [0.2, 0.25) is 0 Å². The van der Waals surface area contributed by atoms with Crippen LogP contribution in [0.5, 0.6) is 5.75 Å². The Labute approximate surface area is 171 Å². The predicted molar refractivity (Wildman–Crippen MR) is 110 cm³/mol. The highest BCUT2D eigenvalue weighted by Gasteiger charge is 2.25. The second kappa shape index (κ2) is 9.37. The summed E-state index contributed by atoms with van der Waals surface area (Å²) in [7, 11) is 0. The van der Waals surface area contributed by atoms with Gasteiger partial charge in [-0.1, -0.05) is 35.9 Å². The molecule has 6 heteroatoms. The van der Waals surface area contributed by atoms with Crippen LogP contribution in [0, 0.1) is 6.92 Å². The van der Waals surface area contributed by atoms with E-state index in [2.05, 4.69) is 24.3 Å². The Bertz CT molecular complexity index is 884. The molecular weight excluding hydrogens is 368 g/mol. The number of carbonyl (C=O) groups excluding carboxylic acids is 3. The molecule has 1 aliphatic rings. The molecule has 0 aromatic heterocycles. The molecule has 152 valence electrons. The third-order valence-corrected chi connectivity index (χ3v) is 5.01. The Hall–Kier alpha value is -3.15. The molecule has 2 aromatic rings. The van der Waals surface area contributed by atoms with Crippen molar-refractivity contribution in [3.05, 3.63) is 65.2 Å². The van der Waals surface area contributed by atoms with Crippen molar-refractivity contribution in [1.29, 1.82) is 0 Å². The second-order valence-corrected chi connectivity index (χ2v) is 7.28. The smallest absolute Gasteiger partial charge is 0.308 e. The number of hydrogen-bond donors (Lipinski definition) is 0. The fraction of sp³-hybridized carbons (Fsp3) is 0.348. The van der Waals surface area contributed by atoms with Crippen LogP contribution in [-0.2, 0) is 16.0 Å². The number of amides is 2. The number of aryl methyl sites for hydroxylation is 2. The minimum Gasteiger partial charge on any atom is -0.427 e. The maximum absolute atomic E-state index is 12.7. The molecular formula is C23H26N2O4. The van der Waals surface area contributed by atoms with Crippen LogP contribution in [0.1, 0.15) is 34.8 Å². The molecule has 1 fully saturated rings. The molecule has 0 N–H and O–H groups in total. The largest absolute Gasteiger partial charge is 0.427 e. The quantitative estimate of drug-likeness (QED) is 0.578. The van der Waals surface area contributed by atoms with E-state index in [9.17, 15) is 14.4 Å². The van der Waals surface area contributed by atoms with Crippen LogP contribution in [-0.4, -0.2) is 53.8 Å². The molecule has 2 amide bonds. The fourth-order valence-electron chi connectivity index (χ4n) is 3.36. The van der Waals surface area contributed by atoms with E-state index in [0.29, 0.717) is 43.9 Å². The van der Waals surface area contributed by atoms with Crippen LogP contribution < -0.4 is 4.74 Å². The first-order chi connectivity index (χ1) is 13.9. The average Bonchev–Trinajstić information content (AvgIpc) is 2.72. The summed E-state index contributed by atoms with van der Waals surface area (Å²) in [4.78, 5) is 39.9. The standard InChI is InChI=1S/C23H26N2O4/c1-17-6-8-19(9-7-17)10-11-22(27)24-12-14-25(15-13-24)23(28)20-4-3-5-21(16-20)29-18(2)26/h3-9,16H,10-15H2,1-2H3.